The van der Waals surface area contributed by atoms with Crippen molar-refractivity contribution >= 4 is 11.9 Å². The summed E-state index contributed by atoms with van der Waals surface area (Å²) in [4.78, 5) is 31.7. The molecule has 1 fully saturated rings. The Bertz CT molecular complexity index is 1340. The Morgan fingerprint density at radius 1 is 1.06 bits per heavy atom. The maximum atomic E-state index is 13.4. The normalized spacial score (nSPS) is 15.5. The molecular weight excluding hydrogens is 454 g/mol. The molecule has 0 aliphatic carbocycles. The molecule has 8 nitrogen and oxygen atoms in total. The van der Waals surface area contributed by atoms with Gasteiger partial charge in [0.25, 0.3) is 0 Å². The van der Waals surface area contributed by atoms with Crippen LogP contribution in [0, 0.1) is 28.1 Å². The number of nitriles is 2. The lowest BCUT2D eigenvalue weighted by Gasteiger charge is -2.40. The Morgan fingerprint density at radius 3 is 2.39 bits per heavy atom. The smallest absolute Gasteiger partial charge is 0.310 e. The number of hydrogen-bond donors (Lipinski definition) is 1. The number of carboxylic acids is 1. The van der Waals surface area contributed by atoms with E-state index in [2.05, 4.69) is 17.1 Å². The van der Waals surface area contributed by atoms with Crippen LogP contribution in [-0.2, 0) is 22.6 Å². The van der Waals surface area contributed by atoms with Crippen LogP contribution in [0.25, 0.3) is 0 Å². The molecule has 2 aromatic carbocycles. The first kappa shape index (κ1) is 24.7. The summed E-state index contributed by atoms with van der Waals surface area (Å²) in [6, 6.07) is 18.6. The minimum Gasteiger partial charge on any atom is -0.481 e. The fourth-order valence-corrected chi connectivity index (χ4v) is 4.87. The minimum atomic E-state index is -0.967. The van der Waals surface area contributed by atoms with Crippen LogP contribution in [0.15, 0.2) is 61.1 Å². The van der Waals surface area contributed by atoms with E-state index in [4.69, 9.17) is 10.5 Å². The fourth-order valence-electron chi connectivity index (χ4n) is 4.87. The molecule has 182 valence electrons. The van der Waals surface area contributed by atoms with Crippen LogP contribution >= 0.6 is 0 Å². The van der Waals surface area contributed by atoms with Crippen LogP contribution in [0.3, 0.4) is 0 Å². The van der Waals surface area contributed by atoms with Gasteiger partial charge < -0.3 is 14.6 Å². The molecule has 0 bridgehead atoms. The van der Waals surface area contributed by atoms with Crippen LogP contribution in [0.2, 0.25) is 0 Å². The number of carbonyl (C=O) groups excluding carboxylic acids is 1. The van der Waals surface area contributed by atoms with Gasteiger partial charge in [-0.2, -0.15) is 10.5 Å². The number of amides is 1. The van der Waals surface area contributed by atoms with Crippen molar-refractivity contribution in [2.45, 2.75) is 38.6 Å². The second-order valence-corrected chi connectivity index (χ2v) is 9.38. The quantitative estimate of drug-likeness (QED) is 0.549. The summed E-state index contributed by atoms with van der Waals surface area (Å²) in [7, 11) is 0. The Hall–Kier alpha value is -4.43. The lowest BCUT2D eigenvalue weighted by Crippen LogP contribution is -2.48. The van der Waals surface area contributed by atoms with Crippen LogP contribution < -0.4 is 0 Å². The number of rotatable bonds is 7. The molecule has 0 saturated carbocycles. The summed E-state index contributed by atoms with van der Waals surface area (Å²) in [6.45, 7) is 3.10. The highest BCUT2D eigenvalue weighted by atomic mass is 16.4. The molecule has 1 aliphatic rings. The number of likely N-dealkylation sites (tertiary alicyclic amines) is 1. The average Bonchev–Trinajstić information content (AvgIpc) is 3.36. The maximum Gasteiger partial charge on any atom is 0.310 e. The van der Waals surface area contributed by atoms with Gasteiger partial charge in [0.1, 0.15) is 0 Å². The SMILES string of the molecule is CC(C(=O)N1CCC(Cc2cccc(C#N)c2)(C(=O)O)CC1)c1cncn1Cc1ccc(C#N)cc1. The van der Waals surface area contributed by atoms with Gasteiger partial charge >= 0.3 is 5.97 Å². The van der Waals surface area contributed by atoms with Gasteiger partial charge in [0.15, 0.2) is 0 Å². The van der Waals surface area contributed by atoms with Crippen LogP contribution in [0.5, 0.6) is 0 Å². The van der Waals surface area contributed by atoms with Gasteiger partial charge in [-0.15, -0.1) is 0 Å². The van der Waals surface area contributed by atoms with Crippen LogP contribution in [0.4, 0.5) is 0 Å². The van der Waals surface area contributed by atoms with Crippen molar-refractivity contribution in [3.63, 3.8) is 0 Å². The van der Waals surface area contributed by atoms with E-state index in [1.54, 1.807) is 47.8 Å². The third kappa shape index (κ3) is 5.13. The first-order valence-corrected chi connectivity index (χ1v) is 11.9. The van der Waals surface area contributed by atoms with Gasteiger partial charge in [-0.05, 0) is 61.6 Å². The number of carbonyl (C=O) groups is 2. The van der Waals surface area contributed by atoms with Crippen LogP contribution in [0.1, 0.15) is 53.6 Å². The molecule has 0 radical (unpaired) electrons. The average molecular weight is 482 g/mol. The summed E-state index contributed by atoms with van der Waals surface area (Å²) in [5.74, 6) is -1.36. The Kier molecular flexibility index (Phi) is 7.17. The van der Waals surface area contributed by atoms with Crippen LogP contribution in [-0.4, -0.2) is 44.5 Å². The molecule has 1 aromatic heterocycles. The molecule has 8 heteroatoms. The molecule has 1 saturated heterocycles. The number of piperidine rings is 1. The molecule has 0 spiro atoms. The first-order valence-electron chi connectivity index (χ1n) is 11.9. The summed E-state index contributed by atoms with van der Waals surface area (Å²) < 4.78 is 1.93. The third-order valence-corrected chi connectivity index (χ3v) is 7.08. The van der Waals surface area contributed by atoms with E-state index < -0.39 is 17.3 Å². The van der Waals surface area contributed by atoms with E-state index in [0.717, 1.165) is 16.8 Å². The van der Waals surface area contributed by atoms with Crippen molar-refractivity contribution < 1.29 is 14.7 Å². The highest BCUT2D eigenvalue weighted by molar-refractivity contribution is 5.83. The zero-order chi connectivity index (χ0) is 25.7. The standard InChI is InChI=1S/C28H27N5O3/c1-20(25-17-31-19-33(25)18-22-7-5-21(15-29)6-8-22)26(34)32-11-9-28(10-12-32,27(35)36)14-23-3-2-4-24(13-23)16-30/h2-8,13,17,19-20H,9-12,14,18H2,1H3,(H,35,36). The fraction of sp³-hybridized carbons (Fsp3) is 0.321. The molecule has 4 rings (SSSR count). The topological polar surface area (TPSA) is 123 Å². The number of benzene rings is 2. The minimum absolute atomic E-state index is 0.0537. The van der Waals surface area contributed by atoms with Gasteiger partial charge in [-0.1, -0.05) is 24.3 Å². The van der Waals surface area contributed by atoms with E-state index in [0.29, 0.717) is 50.0 Å². The Balaban J connectivity index is 1.43. The van der Waals surface area contributed by atoms with Crippen molar-refractivity contribution in [3.05, 3.63) is 89.0 Å². The van der Waals surface area contributed by atoms with E-state index in [-0.39, 0.29) is 5.91 Å². The first-order chi connectivity index (χ1) is 17.3. The number of imidazole rings is 1. The number of aliphatic carboxylic acids is 1. The summed E-state index contributed by atoms with van der Waals surface area (Å²) in [5, 5.41) is 28.2. The lowest BCUT2D eigenvalue weighted by atomic mass is 9.73. The Labute approximate surface area is 210 Å². The van der Waals surface area contributed by atoms with E-state index >= 15 is 0 Å². The molecule has 1 N–H and O–H groups in total. The predicted molar refractivity (Wildman–Crippen MR) is 132 cm³/mol. The molecule has 1 amide bonds. The highest BCUT2D eigenvalue weighted by Gasteiger charge is 2.43. The zero-order valence-corrected chi connectivity index (χ0v) is 20.1. The van der Waals surface area contributed by atoms with Gasteiger partial charge in [0, 0.05) is 31.5 Å². The molecule has 36 heavy (non-hydrogen) atoms. The number of carboxylic acid groups (broad SMARTS) is 1. The van der Waals surface area contributed by atoms with E-state index in [1.165, 1.54) is 0 Å². The van der Waals surface area contributed by atoms with Crippen molar-refractivity contribution in [2.75, 3.05) is 13.1 Å². The predicted octanol–water partition coefficient (Wildman–Crippen LogP) is 3.71. The number of nitrogens with zero attached hydrogens (tertiary/aromatic N) is 5. The van der Waals surface area contributed by atoms with Gasteiger partial charge in [0.05, 0.1) is 40.9 Å². The second kappa shape index (κ2) is 10.5. The van der Waals surface area contributed by atoms with Crippen molar-refractivity contribution in [2.24, 2.45) is 5.41 Å². The molecule has 2 heterocycles. The van der Waals surface area contributed by atoms with Gasteiger partial charge in [0.2, 0.25) is 5.91 Å². The maximum absolute atomic E-state index is 13.4. The third-order valence-electron chi connectivity index (χ3n) is 7.08. The van der Waals surface area contributed by atoms with E-state index in [9.17, 15) is 14.7 Å². The summed E-state index contributed by atoms with van der Waals surface area (Å²) in [6.07, 6.45) is 4.41. The molecule has 1 unspecified atom stereocenters. The summed E-state index contributed by atoms with van der Waals surface area (Å²) >= 11 is 0. The molecule has 3 aromatic rings. The van der Waals surface area contributed by atoms with Gasteiger partial charge in [-0.3, -0.25) is 9.59 Å². The molecule has 1 aliphatic heterocycles. The number of aromatic nitrogens is 2. The summed E-state index contributed by atoms with van der Waals surface area (Å²) in [5.41, 5.74) is 2.73. The second-order valence-electron chi connectivity index (χ2n) is 9.38. The van der Waals surface area contributed by atoms with Crippen molar-refractivity contribution in [1.82, 2.24) is 14.5 Å². The van der Waals surface area contributed by atoms with Gasteiger partial charge in [-0.25, -0.2) is 4.98 Å². The number of hydrogen-bond acceptors (Lipinski definition) is 5. The molecular formula is C28H27N5O3. The van der Waals surface area contributed by atoms with E-state index in [1.807, 2.05) is 29.7 Å². The zero-order valence-electron chi connectivity index (χ0n) is 20.1. The largest absolute Gasteiger partial charge is 0.481 e. The monoisotopic (exact) mass is 481 g/mol. The highest BCUT2D eigenvalue weighted by Crippen LogP contribution is 2.36. The Morgan fingerprint density at radius 2 is 1.75 bits per heavy atom. The van der Waals surface area contributed by atoms with Crippen molar-refractivity contribution in [1.29, 1.82) is 10.5 Å². The van der Waals surface area contributed by atoms with Crippen molar-refractivity contribution in [3.8, 4) is 12.1 Å². The molecule has 1 atom stereocenters. The lowest BCUT2D eigenvalue weighted by molar-refractivity contribution is -0.154.